The minimum absolute atomic E-state index is 0.0466. The number of nitrogens with zero attached hydrogens (tertiary/aromatic N) is 3. The highest BCUT2D eigenvalue weighted by molar-refractivity contribution is 6.32. The van der Waals surface area contributed by atoms with Crippen LogP contribution in [0.4, 0.5) is 10.2 Å². The van der Waals surface area contributed by atoms with Gasteiger partial charge in [0, 0.05) is 18.0 Å². The van der Waals surface area contributed by atoms with Gasteiger partial charge in [-0.1, -0.05) is 11.6 Å². The first-order valence-corrected chi connectivity index (χ1v) is 8.41. The lowest BCUT2D eigenvalue weighted by Gasteiger charge is -2.16. The van der Waals surface area contributed by atoms with Crippen molar-refractivity contribution in [1.29, 1.82) is 0 Å². The number of nitrogen functional groups attached to an aromatic ring is 1. The standard InChI is InChI=1S/C17H20ClFN6O3/c1-10-23-5-11(17(21)24-10)6-25(22)7-13(20)8-28-16(26)9-27-15-3-2-12(19)4-14(15)18/h2-5,7H,6,8-9,20,22H2,1H3,(H2,21,23,24)/b13-7-. The molecule has 28 heavy (non-hydrogen) atoms. The number of halogens is 2. The first kappa shape index (κ1) is 21.2. The van der Waals surface area contributed by atoms with Crippen molar-refractivity contribution in [2.24, 2.45) is 11.6 Å². The molecule has 0 spiro atoms. The number of esters is 1. The van der Waals surface area contributed by atoms with E-state index in [9.17, 15) is 9.18 Å². The molecule has 0 bridgehead atoms. The van der Waals surface area contributed by atoms with Gasteiger partial charge in [-0.25, -0.2) is 25.0 Å². The van der Waals surface area contributed by atoms with Crippen molar-refractivity contribution in [2.75, 3.05) is 18.9 Å². The molecular weight excluding hydrogens is 391 g/mol. The molecule has 1 heterocycles. The van der Waals surface area contributed by atoms with Crippen LogP contribution >= 0.6 is 11.6 Å². The van der Waals surface area contributed by atoms with E-state index in [0.29, 0.717) is 17.2 Å². The van der Waals surface area contributed by atoms with Crippen LogP contribution in [0, 0.1) is 12.7 Å². The Balaban J connectivity index is 1.79. The highest BCUT2D eigenvalue weighted by Gasteiger charge is 2.09. The van der Waals surface area contributed by atoms with Crippen LogP contribution in [0.1, 0.15) is 11.4 Å². The molecule has 0 aliphatic rings. The summed E-state index contributed by atoms with van der Waals surface area (Å²) in [7, 11) is 0. The first-order valence-electron chi connectivity index (χ1n) is 8.03. The average Bonchev–Trinajstić information content (AvgIpc) is 2.61. The minimum Gasteiger partial charge on any atom is -0.480 e. The normalized spacial score (nSPS) is 11.2. The molecule has 0 aliphatic heterocycles. The van der Waals surface area contributed by atoms with Crippen molar-refractivity contribution in [1.82, 2.24) is 15.0 Å². The summed E-state index contributed by atoms with van der Waals surface area (Å²) < 4.78 is 23.1. The molecule has 1 aromatic carbocycles. The molecule has 0 radical (unpaired) electrons. The molecule has 0 fully saturated rings. The SMILES string of the molecule is Cc1ncc(CN(N)/C=C(\N)COC(=O)COc2ccc(F)cc2Cl)c(N)n1. The minimum atomic E-state index is -0.684. The highest BCUT2D eigenvalue weighted by Crippen LogP contribution is 2.24. The highest BCUT2D eigenvalue weighted by atomic mass is 35.5. The zero-order valence-corrected chi connectivity index (χ0v) is 15.8. The summed E-state index contributed by atoms with van der Waals surface area (Å²) in [5, 5.41) is 1.31. The van der Waals surface area contributed by atoms with Gasteiger partial charge in [0.15, 0.2) is 6.61 Å². The van der Waals surface area contributed by atoms with Crippen molar-refractivity contribution in [3.8, 4) is 5.75 Å². The predicted octanol–water partition coefficient (Wildman–Crippen LogP) is 1.26. The molecule has 11 heteroatoms. The fourth-order valence-corrected chi connectivity index (χ4v) is 2.28. The second kappa shape index (κ2) is 9.72. The molecule has 2 rings (SSSR count). The van der Waals surface area contributed by atoms with Crippen LogP contribution in [0.3, 0.4) is 0 Å². The van der Waals surface area contributed by atoms with E-state index in [-0.39, 0.29) is 29.6 Å². The molecule has 150 valence electrons. The molecule has 2 aromatic rings. The monoisotopic (exact) mass is 410 g/mol. The number of ether oxygens (including phenoxy) is 2. The third kappa shape index (κ3) is 6.56. The predicted molar refractivity (Wildman–Crippen MR) is 101 cm³/mol. The molecule has 0 saturated heterocycles. The van der Waals surface area contributed by atoms with Crippen molar-refractivity contribution < 1.29 is 18.7 Å². The molecular formula is C17H20ClFN6O3. The maximum atomic E-state index is 13.0. The number of carbonyl (C=O) groups is 1. The van der Waals surface area contributed by atoms with Crippen molar-refractivity contribution in [3.05, 3.63) is 58.5 Å². The molecule has 6 N–H and O–H groups in total. The van der Waals surface area contributed by atoms with Crippen molar-refractivity contribution in [2.45, 2.75) is 13.5 Å². The topological polar surface area (TPSA) is 143 Å². The lowest BCUT2D eigenvalue weighted by molar-refractivity contribution is -0.145. The van der Waals surface area contributed by atoms with Crippen LogP contribution in [0.5, 0.6) is 5.75 Å². The fraction of sp³-hybridized carbons (Fsp3) is 0.235. The van der Waals surface area contributed by atoms with Gasteiger partial charge in [0.05, 0.1) is 17.3 Å². The van der Waals surface area contributed by atoms with Gasteiger partial charge in [0.2, 0.25) is 0 Å². The summed E-state index contributed by atoms with van der Waals surface area (Å²) in [4.78, 5) is 19.8. The largest absolute Gasteiger partial charge is 0.480 e. The Kier molecular flexibility index (Phi) is 7.36. The third-order valence-electron chi connectivity index (χ3n) is 3.34. The third-order valence-corrected chi connectivity index (χ3v) is 3.64. The molecule has 0 unspecified atom stereocenters. The number of nitrogens with two attached hydrogens (primary N) is 3. The number of aryl methyl sites for hydroxylation is 1. The fourth-order valence-electron chi connectivity index (χ4n) is 2.06. The van der Waals surface area contributed by atoms with Gasteiger partial charge < -0.3 is 25.9 Å². The van der Waals surface area contributed by atoms with E-state index < -0.39 is 18.4 Å². The van der Waals surface area contributed by atoms with E-state index in [4.69, 9.17) is 38.4 Å². The number of hydrogen-bond donors (Lipinski definition) is 3. The number of hydrazine groups is 1. The van der Waals surface area contributed by atoms with Crippen LogP contribution in [-0.4, -0.2) is 34.2 Å². The zero-order valence-electron chi connectivity index (χ0n) is 15.1. The van der Waals surface area contributed by atoms with E-state index in [0.717, 1.165) is 12.1 Å². The zero-order chi connectivity index (χ0) is 20.7. The number of aromatic nitrogens is 2. The van der Waals surface area contributed by atoms with E-state index in [1.165, 1.54) is 17.3 Å². The Hall–Kier alpha value is -3.11. The van der Waals surface area contributed by atoms with Gasteiger partial charge in [0.1, 0.15) is 29.8 Å². The second-order valence-corrected chi connectivity index (χ2v) is 6.14. The van der Waals surface area contributed by atoms with Crippen LogP contribution in [0.2, 0.25) is 5.02 Å². The molecule has 0 saturated carbocycles. The van der Waals surface area contributed by atoms with Gasteiger partial charge in [-0.2, -0.15) is 0 Å². The van der Waals surface area contributed by atoms with Crippen LogP contribution in [0.25, 0.3) is 0 Å². The summed E-state index contributed by atoms with van der Waals surface area (Å²) >= 11 is 5.80. The number of rotatable bonds is 8. The summed E-state index contributed by atoms with van der Waals surface area (Å²) in [6.45, 7) is 1.32. The lowest BCUT2D eigenvalue weighted by Crippen LogP contribution is -2.28. The molecule has 9 nitrogen and oxygen atoms in total. The van der Waals surface area contributed by atoms with Crippen LogP contribution < -0.4 is 22.0 Å². The first-order chi connectivity index (χ1) is 13.2. The van der Waals surface area contributed by atoms with Gasteiger partial charge in [-0.15, -0.1) is 0 Å². The Morgan fingerprint density at radius 3 is 2.82 bits per heavy atom. The average molecular weight is 411 g/mol. The molecule has 0 amide bonds. The van der Waals surface area contributed by atoms with Crippen molar-refractivity contribution in [3.63, 3.8) is 0 Å². The van der Waals surface area contributed by atoms with Crippen molar-refractivity contribution >= 4 is 23.4 Å². The van der Waals surface area contributed by atoms with Gasteiger partial charge in [-0.3, -0.25) is 0 Å². The Bertz CT molecular complexity index is 880. The maximum absolute atomic E-state index is 13.0. The smallest absolute Gasteiger partial charge is 0.344 e. The Labute approximate surface area is 165 Å². The summed E-state index contributed by atoms with van der Waals surface area (Å²) in [5.74, 6) is 5.68. The quantitative estimate of drug-likeness (QED) is 0.333. The number of anilines is 1. The lowest BCUT2D eigenvalue weighted by atomic mass is 10.3. The van der Waals surface area contributed by atoms with Gasteiger partial charge in [-0.05, 0) is 25.1 Å². The van der Waals surface area contributed by atoms with Crippen LogP contribution in [0.15, 0.2) is 36.3 Å². The molecule has 1 aromatic heterocycles. The number of carbonyl (C=O) groups excluding carboxylic acids is 1. The van der Waals surface area contributed by atoms with E-state index >= 15 is 0 Å². The van der Waals surface area contributed by atoms with Crippen LogP contribution in [-0.2, 0) is 16.1 Å². The summed E-state index contributed by atoms with van der Waals surface area (Å²) in [6.07, 6.45) is 2.96. The van der Waals surface area contributed by atoms with E-state index in [1.807, 2.05) is 0 Å². The Morgan fingerprint density at radius 2 is 2.14 bits per heavy atom. The number of benzene rings is 1. The summed E-state index contributed by atoms with van der Waals surface area (Å²) in [6, 6.07) is 3.55. The van der Waals surface area contributed by atoms with Gasteiger partial charge in [0.25, 0.3) is 0 Å². The second-order valence-electron chi connectivity index (χ2n) is 5.73. The summed E-state index contributed by atoms with van der Waals surface area (Å²) in [5.41, 5.74) is 12.4. The maximum Gasteiger partial charge on any atom is 0.344 e. The molecule has 0 aliphatic carbocycles. The van der Waals surface area contributed by atoms with Gasteiger partial charge >= 0.3 is 5.97 Å². The van der Waals surface area contributed by atoms with E-state index in [1.54, 1.807) is 13.1 Å². The number of hydrogen-bond acceptors (Lipinski definition) is 9. The molecule has 0 atom stereocenters. The van der Waals surface area contributed by atoms with E-state index in [2.05, 4.69) is 9.97 Å². The Morgan fingerprint density at radius 1 is 1.39 bits per heavy atom.